The van der Waals surface area contributed by atoms with Crippen LogP contribution in [0.5, 0.6) is 0 Å². The molecule has 17 heteroatoms. The number of carboxylic acids is 1. The standard InChI is InChI=1S/C24H28F3N3O4S2.C2HF3O2/c1-35-19-7-9-20(10-8-19)36(33,34)14-16-5-6-18(28)12-21(16)30-22(31)13-29-23(32)15-3-2-4-17(11-15)24(25,26)27;3-2(4,5)1(6)7/h2-4,7-11,16,18,21H,5-6,12-14,28H2,1H3,(H,29,32)(H,30,31);(H,6,7)/t16-,18+,21-;/m0./s1. The Morgan fingerprint density at radius 3 is 2.16 bits per heavy atom. The maximum Gasteiger partial charge on any atom is 0.490 e. The average molecular weight is 658 g/mol. The summed E-state index contributed by atoms with van der Waals surface area (Å²) in [4.78, 5) is 34.8. The quantitative estimate of drug-likeness (QED) is 0.246. The van der Waals surface area contributed by atoms with Gasteiger partial charge in [0, 0.05) is 22.5 Å². The van der Waals surface area contributed by atoms with E-state index in [9.17, 15) is 44.3 Å². The van der Waals surface area contributed by atoms with Crippen molar-refractivity contribution in [2.75, 3.05) is 18.6 Å². The zero-order valence-electron chi connectivity index (χ0n) is 22.5. The van der Waals surface area contributed by atoms with Crippen molar-refractivity contribution >= 4 is 39.4 Å². The molecule has 0 bridgehead atoms. The van der Waals surface area contributed by atoms with Crippen LogP contribution in [0.3, 0.4) is 0 Å². The first kappa shape index (κ1) is 35.9. The molecule has 2 aromatic carbocycles. The molecular weight excluding hydrogens is 628 g/mol. The molecule has 0 saturated heterocycles. The van der Waals surface area contributed by atoms with Crippen LogP contribution < -0.4 is 16.4 Å². The summed E-state index contributed by atoms with van der Waals surface area (Å²) in [6.45, 7) is -0.476. The lowest BCUT2D eigenvalue weighted by molar-refractivity contribution is -0.192. The molecule has 2 aromatic rings. The summed E-state index contributed by atoms with van der Waals surface area (Å²) < 4.78 is 96.4. The van der Waals surface area contributed by atoms with Crippen molar-refractivity contribution in [1.29, 1.82) is 0 Å². The molecule has 0 unspecified atom stereocenters. The highest BCUT2D eigenvalue weighted by molar-refractivity contribution is 7.98. The second-order valence-corrected chi connectivity index (χ2v) is 12.4. The third-order valence-corrected chi connectivity index (χ3v) is 8.94. The zero-order chi connectivity index (χ0) is 32.6. The molecule has 3 atom stereocenters. The number of thioether (sulfide) groups is 1. The molecule has 1 fully saturated rings. The molecule has 1 aliphatic rings. The van der Waals surface area contributed by atoms with Crippen LogP contribution in [-0.2, 0) is 25.6 Å². The molecular formula is C26H29F6N3O6S2. The number of nitrogens with two attached hydrogens (primary N) is 1. The molecule has 238 valence electrons. The predicted octanol–water partition coefficient (Wildman–Crippen LogP) is 3.88. The second kappa shape index (κ2) is 14.9. The minimum atomic E-state index is -5.08. The van der Waals surface area contributed by atoms with Crippen LogP contribution in [0, 0.1) is 5.92 Å². The van der Waals surface area contributed by atoms with Crippen LogP contribution in [0.25, 0.3) is 0 Å². The Bertz CT molecular complexity index is 1380. The number of nitrogens with one attached hydrogen (secondary N) is 2. The highest BCUT2D eigenvalue weighted by atomic mass is 32.2. The van der Waals surface area contributed by atoms with Gasteiger partial charge in [-0.15, -0.1) is 11.8 Å². The molecule has 0 aromatic heterocycles. The number of hydrogen-bond acceptors (Lipinski definition) is 7. The fraction of sp³-hybridized carbons (Fsp3) is 0.423. The van der Waals surface area contributed by atoms with Crippen molar-refractivity contribution in [2.45, 2.75) is 53.5 Å². The van der Waals surface area contributed by atoms with Crippen LogP contribution in [0.2, 0.25) is 0 Å². The number of carbonyl (C=O) groups is 3. The smallest absolute Gasteiger partial charge is 0.475 e. The fourth-order valence-electron chi connectivity index (χ4n) is 4.16. The Morgan fingerprint density at radius 2 is 1.63 bits per heavy atom. The summed E-state index contributed by atoms with van der Waals surface area (Å²) in [5, 5.41) is 12.2. The van der Waals surface area contributed by atoms with Crippen molar-refractivity contribution < 1.29 is 54.3 Å². The van der Waals surface area contributed by atoms with E-state index in [1.54, 1.807) is 24.3 Å². The first-order valence-corrected chi connectivity index (χ1v) is 15.4. The fourth-order valence-corrected chi connectivity index (χ4v) is 6.27. The van der Waals surface area contributed by atoms with Gasteiger partial charge in [-0.05, 0) is 73.9 Å². The van der Waals surface area contributed by atoms with Gasteiger partial charge in [-0.1, -0.05) is 6.07 Å². The number of alkyl halides is 6. The molecule has 43 heavy (non-hydrogen) atoms. The normalized spacial score (nSPS) is 19.0. The lowest BCUT2D eigenvalue weighted by atomic mass is 9.83. The van der Waals surface area contributed by atoms with Gasteiger partial charge in [-0.25, -0.2) is 13.2 Å². The van der Waals surface area contributed by atoms with E-state index in [1.807, 2.05) is 6.26 Å². The second-order valence-electron chi connectivity index (χ2n) is 9.53. The van der Waals surface area contributed by atoms with Gasteiger partial charge in [0.15, 0.2) is 9.84 Å². The van der Waals surface area contributed by atoms with Gasteiger partial charge in [-0.2, -0.15) is 26.3 Å². The van der Waals surface area contributed by atoms with Gasteiger partial charge < -0.3 is 21.5 Å². The number of rotatable bonds is 8. The van der Waals surface area contributed by atoms with Gasteiger partial charge in [0.2, 0.25) is 5.91 Å². The Labute approximate surface area is 247 Å². The van der Waals surface area contributed by atoms with E-state index in [4.69, 9.17) is 15.6 Å². The summed E-state index contributed by atoms with van der Waals surface area (Å²) in [5.74, 6) is -4.71. The number of carboxylic acid groups (broad SMARTS) is 1. The van der Waals surface area contributed by atoms with Crippen molar-refractivity contribution in [3.05, 3.63) is 59.7 Å². The SMILES string of the molecule is CSc1ccc(S(=O)(=O)C[C@@H]2CC[C@@H](N)C[C@@H]2NC(=O)CNC(=O)c2cccc(C(F)(F)F)c2)cc1.O=C(O)C(F)(F)F. The summed E-state index contributed by atoms with van der Waals surface area (Å²) in [6.07, 6.45) is -6.29. The van der Waals surface area contributed by atoms with Crippen LogP contribution in [0.15, 0.2) is 58.3 Å². The molecule has 9 nitrogen and oxygen atoms in total. The molecule has 0 spiro atoms. The number of amides is 2. The molecule has 0 heterocycles. The molecule has 0 radical (unpaired) electrons. The first-order chi connectivity index (χ1) is 19.8. The minimum absolute atomic E-state index is 0.167. The van der Waals surface area contributed by atoms with E-state index in [0.717, 1.165) is 17.0 Å². The Morgan fingerprint density at radius 1 is 1.02 bits per heavy atom. The minimum Gasteiger partial charge on any atom is -0.475 e. The summed E-state index contributed by atoms with van der Waals surface area (Å²) >= 11 is 1.50. The van der Waals surface area contributed by atoms with Crippen molar-refractivity contribution in [1.82, 2.24) is 10.6 Å². The van der Waals surface area contributed by atoms with E-state index in [-0.39, 0.29) is 28.2 Å². The Balaban J connectivity index is 0.000000821. The van der Waals surface area contributed by atoms with E-state index >= 15 is 0 Å². The summed E-state index contributed by atoms with van der Waals surface area (Å²) in [5.41, 5.74) is 4.86. The molecule has 1 saturated carbocycles. The number of carbonyl (C=O) groups excluding carboxylic acids is 2. The topological polar surface area (TPSA) is 156 Å². The van der Waals surface area contributed by atoms with E-state index in [1.165, 1.54) is 17.8 Å². The van der Waals surface area contributed by atoms with Crippen molar-refractivity contribution in [3.8, 4) is 0 Å². The lowest BCUT2D eigenvalue weighted by Gasteiger charge is -2.35. The molecule has 5 N–H and O–H groups in total. The third kappa shape index (κ3) is 11.4. The molecule has 0 aliphatic heterocycles. The van der Waals surface area contributed by atoms with Gasteiger partial charge in [-0.3, -0.25) is 9.59 Å². The predicted molar refractivity (Wildman–Crippen MR) is 145 cm³/mol. The van der Waals surface area contributed by atoms with Gasteiger partial charge >= 0.3 is 18.3 Å². The van der Waals surface area contributed by atoms with Gasteiger partial charge in [0.05, 0.1) is 22.8 Å². The largest absolute Gasteiger partial charge is 0.490 e. The summed E-state index contributed by atoms with van der Waals surface area (Å²) in [7, 11) is -3.61. The zero-order valence-corrected chi connectivity index (χ0v) is 24.2. The van der Waals surface area contributed by atoms with Crippen LogP contribution in [0.4, 0.5) is 26.3 Å². The number of aliphatic carboxylic acids is 1. The third-order valence-electron chi connectivity index (χ3n) is 6.34. The van der Waals surface area contributed by atoms with Gasteiger partial charge in [0.1, 0.15) is 0 Å². The Hall–Kier alpha value is -3.31. The van der Waals surface area contributed by atoms with Crippen molar-refractivity contribution in [2.24, 2.45) is 11.7 Å². The maximum absolute atomic E-state index is 13.0. The number of benzene rings is 2. The van der Waals surface area contributed by atoms with E-state index in [2.05, 4.69) is 10.6 Å². The first-order valence-electron chi connectivity index (χ1n) is 12.5. The average Bonchev–Trinajstić information content (AvgIpc) is 2.92. The molecule has 1 aliphatic carbocycles. The highest BCUT2D eigenvalue weighted by Crippen LogP contribution is 2.30. The monoisotopic (exact) mass is 657 g/mol. The highest BCUT2D eigenvalue weighted by Gasteiger charge is 2.38. The van der Waals surface area contributed by atoms with E-state index in [0.29, 0.717) is 25.3 Å². The molecule has 3 rings (SSSR count). The summed E-state index contributed by atoms with van der Waals surface area (Å²) in [6, 6.07) is 9.75. The lowest BCUT2D eigenvalue weighted by Crippen LogP contribution is -2.51. The van der Waals surface area contributed by atoms with Crippen LogP contribution in [0.1, 0.15) is 35.2 Å². The van der Waals surface area contributed by atoms with Gasteiger partial charge in [0.25, 0.3) is 5.91 Å². The van der Waals surface area contributed by atoms with E-state index < -0.39 is 58.1 Å². The Kier molecular flexibility index (Phi) is 12.5. The number of hydrogen-bond donors (Lipinski definition) is 4. The number of sulfone groups is 1. The number of halogens is 6. The van der Waals surface area contributed by atoms with Crippen molar-refractivity contribution in [3.63, 3.8) is 0 Å². The maximum atomic E-state index is 13.0. The van der Waals surface area contributed by atoms with Crippen LogP contribution >= 0.6 is 11.8 Å². The molecule has 2 amide bonds. The van der Waals surface area contributed by atoms with Crippen LogP contribution in [-0.4, -0.2) is 68.1 Å².